The maximum Gasteiger partial charge on any atom is 0.232 e. The second-order valence-corrected chi connectivity index (χ2v) is 6.48. The van der Waals surface area contributed by atoms with Crippen LogP contribution in [0.15, 0.2) is 48.8 Å². The number of rotatable bonds is 9. The van der Waals surface area contributed by atoms with Gasteiger partial charge in [0.1, 0.15) is 6.33 Å². The van der Waals surface area contributed by atoms with E-state index >= 15 is 0 Å². The molecule has 1 heterocycles. The highest BCUT2D eigenvalue weighted by Crippen LogP contribution is 2.25. The van der Waals surface area contributed by atoms with Crippen molar-refractivity contribution in [2.45, 2.75) is 20.3 Å². The Balaban J connectivity index is 1.52. The molecule has 0 saturated carbocycles. The van der Waals surface area contributed by atoms with Crippen LogP contribution >= 0.6 is 0 Å². The van der Waals surface area contributed by atoms with E-state index < -0.39 is 0 Å². The van der Waals surface area contributed by atoms with Crippen molar-refractivity contribution >= 4 is 29.2 Å². The molecule has 156 valence electrons. The normalized spacial score (nSPS) is 10.4. The molecule has 0 bridgehead atoms. The van der Waals surface area contributed by atoms with Gasteiger partial charge in [-0.15, -0.1) is 0 Å². The van der Waals surface area contributed by atoms with Crippen LogP contribution in [0, 0.1) is 12.7 Å². The molecule has 0 aliphatic rings. The first-order valence-corrected chi connectivity index (χ1v) is 9.47. The molecule has 8 nitrogen and oxygen atoms in total. The predicted molar refractivity (Wildman–Crippen MR) is 114 cm³/mol. The second-order valence-electron chi connectivity index (χ2n) is 6.48. The average molecular weight is 410 g/mol. The summed E-state index contributed by atoms with van der Waals surface area (Å²) in [4.78, 5) is 23.9. The summed E-state index contributed by atoms with van der Waals surface area (Å²) in [5.41, 5.74) is 2.36. The molecule has 9 heteroatoms. The monoisotopic (exact) mass is 410 g/mol. The Hall–Kier alpha value is -3.75. The van der Waals surface area contributed by atoms with Crippen LogP contribution in [0.5, 0.6) is 5.75 Å². The van der Waals surface area contributed by atoms with Crippen molar-refractivity contribution in [2.75, 3.05) is 29.1 Å². The third kappa shape index (κ3) is 5.87. The fourth-order valence-electron chi connectivity index (χ4n) is 2.67. The number of carbonyl (C=O) groups excluding carboxylic acids is 1. The van der Waals surface area contributed by atoms with Crippen molar-refractivity contribution in [1.82, 2.24) is 15.0 Å². The first-order chi connectivity index (χ1) is 14.5. The Morgan fingerprint density at radius 2 is 1.83 bits per heavy atom. The van der Waals surface area contributed by atoms with Gasteiger partial charge in [-0.25, -0.2) is 14.4 Å². The molecule has 0 aliphatic carbocycles. The van der Waals surface area contributed by atoms with Gasteiger partial charge in [0.2, 0.25) is 17.8 Å². The fourth-order valence-corrected chi connectivity index (χ4v) is 2.67. The van der Waals surface area contributed by atoms with Crippen LogP contribution in [0.1, 0.15) is 18.9 Å². The van der Waals surface area contributed by atoms with E-state index in [1.807, 2.05) is 25.1 Å². The van der Waals surface area contributed by atoms with E-state index in [0.717, 1.165) is 16.9 Å². The summed E-state index contributed by atoms with van der Waals surface area (Å²) in [7, 11) is 0. The zero-order valence-electron chi connectivity index (χ0n) is 16.8. The van der Waals surface area contributed by atoms with Crippen molar-refractivity contribution in [3.05, 3.63) is 60.2 Å². The summed E-state index contributed by atoms with van der Waals surface area (Å²) in [6.07, 6.45) is 2.04. The molecular formula is C21H23FN6O2. The molecule has 0 spiro atoms. The van der Waals surface area contributed by atoms with Gasteiger partial charge in [-0.2, -0.15) is 4.98 Å². The molecule has 0 fully saturated rings. The Morgan fingerprint density at radius 3 is 2.63 bits per heavy atom. The summed E-state index contributed by atoms with van der Waals surface area (Å²) in [5.74, 6) is 0.505. The highest BCUT2D eigenvalue weighted by molar-refractivity contribution is 5.90. The van der Waals surface area contributed by atoms with Gasteiger partial charge in [0.15, 0.2) is 11.6 Å². The molecule has 0 unspecified atom stereocenters. The number of anilines is 4. The van der Waals surface area contributed by atoms with Crippen LogP contribution in [0.25, 0.3) is 0 Å². The summed E-state index contributed by atoms with van der Waals surface area (Å²) in [5, 5.41) is 9.01. The van der Waals surface area contributed by atoms with Gasteiger partial charge in [0, 0.05) is 24.8 Å². The van der Waals surface area contributed by atoms with Crippen LogP contribution < -0.4 is 20.7 Å². The summed E-state index contributed by atoms with van der Waals surface area (Å²) in [6.45, 7) is 4.27. The Morgan fingerprint density at radius 1 is 1.07 bits per heavy atom. The zero-order valence-corrected chi connectivity index (χ0v) is 16.8. The molecule has 3 rings (SSSR count). The minimum absolute atomic E-state index is 0.138. The van der Waals surface area contributed by atoms with Gasteiger partial charge in [-0.05, 0) is 43.2 Å². The largest absolute Gasteiger partial charge is 0.490 e. The summed E-state index contributed by atoms with van der Waals surface area (Å²) < 4.78 is 18.9. The molecule has 3 aromatic rings. The number of carbonyl (C=O) groups is 1. The van der Waals surface area contributed by atoms with Crippen molar-refractivity contribution in [3.8, 4) is 5.75 Å². The summed E-state index contributed by atoms with van der Waals surface area (Å²) in [6, 6.07) is 11.8. The third-order valence-electron chi connectivity index (χ3n) is 4.16. The first kappa shape index (κ1) is 21.0. The molecule has 1 aromatic heterocycles. The number of aromatic nitrogens is 3. The minimum Gasteiger partial charge on any atom is -0.490 e. The number of halogens is 1. The fraction of sp³-hybridized carbons (Fsp3) is 0.238. The van der Waals surface area contributed by atoms with E-state index in [2.05, 4.69) is 30.9 Å². The number of hydrogen-bond donors (Lipinski definition) is 3. The molecule has 1 amide bonds. The number of ether oxygens (including phenoxy) is 1. The molecule has 0 saturated heterocycles. The van der Waals surface area contributed by atoms with Crippen LogP contribution in [-0.4, -0.2) is 34.0 Å². The first-order valence-electron chi connectivity index (χ1n) is 9.47. The number of amides is 1. The standard InChI is InChI=1S/C21H23FN6O2/c1-14-17(26-15(2)29)8-5-9-18(14)27-21-25-13-24-20(28-21)23-11-6-12-30-19-10-4-3-7-16(19)22/h3-5,7-10,13H,6,11-12H2,1-2H3,(H,26,29)(H2,23,24,25,27,28). The molecule has 3 N–H and O–H groups in total. The topological polar surface area (TPSA) is 101 Å². The number of benzene rings is 2. The molecule has 0 aliphatic heterocycles. The highest BCUT2D eigenvalue weighted by atomic mass is 19.1. The Labute approximate surface area is 173 Å². The lowest BCUT2D eigenvalue weighted by Gasteiger charge is -2.13. The molecule has 0 atom stereocenters. The van der Waals surface area contributed by atoms with E-state index in [4.69, 9.17) is 4.74 Å². The van der Waals surface area contributed by atoms with Gasteiger partial charge in [-0.1, -0.05) is 18.2 Å². The molecular weight excluding hydrogens is 387 g/mol. The molecule has 30 heavy (non-hydrogen) atoms. The van der Waals surface area contributed by atoms with E-state index in [1.165, 1.54) is 19.3 Å². The third-order valence-corrected chi connectivity index (χ3v) is 4.16. The average Bonchev–Trinajstić information content (AvgIpc) is 2.72. The molecule has 2 aromatic carbocycles. The zero-order chi connectivity index (χ0) is 21.3. The lowest BCUT2D eigenvalue weighted by atomic mass is 10.1. The second kappa shape index (κ2) is 10.1. The maximum absolute atomic E-state index is 13.5. The van der Waals surface area contributed by atoms with Gasteiger partial charge in [0.25, 0.3) is 0 Å². The Kier molecular flexibility index (Phi) is 7.09. The van der Waals surface area contributed by atoms with Crippen LogP contribution in [0.2, 0.25) is 0 Å². The van der Waals surface area contributed by atoms with E-state index in [-0.39, 0.29) is 17.5 Å². The number of nitrogens with one attached hydrogen (secondary N) is 3. The van der Waals surface area contributed by atoms with Crippen LogP contribution in [0.4, 0.5) is 27.7 Å². The van der Waals surface area contributed by atoms with E-state index in [0.29, 0.717) is 31.5 Å². The van der Waals surface area contributed by atoms with Crippen molar-refractivity contribution < 1.29 is 13.9 Å². The van der Waals surface area contributed by atoms with Crippen molar-refractivity contribution in [2.24, 2.45) is 0 Å². The lowest BCUT2D eigenvalue weighted by molar-refractivity contribution is -0.114. The van der Waals surface area contributed by atoms with E-state index in [9.17, 15) is 9.18 Å². The molecule has 0 radical (unpaired) electrons. The SMILES string of the molecule is CC(=O)Nc1cccc(Nc2ncnc(NCCCOc3ccccc3F)n2)c1C. The van der Waals surface area contributed by atoms with Crippen molar-refractivity contribution in [3.63, 3.8) is 0 Å². The minimum atomic E-state index is -0.378. The smallest absolute Gasteiger partial charge is 0.232 e. The van der Waals surface area contributed by atoms with Gasteiger partial charge < -0.3 is 20.7 Å². The van der Waals surface area contributed by atoms with Crippen LogP contribution in [-0.2, 0) is 4.79 Å². The number of hydrogen-bond acceptors (Lipinski definition) is 7. The van der Waals surface area contributed by atoms with Gasteiger partial charge >= 0.3 is 0 Å². The maximum atomic E-state index is 13.5. The number of nitrogens with zero attached hydrogens (tertiary/aromatic N) is 3. The van der Waals surface area contributed by atoms with Crippen LogP contribution in [0.3, 0.4) is 0 Å². The summed E-state index contributed by atoms with van der Waals surface area (Å²) >= 11 is 0. The lowest BCUT2D eigenvalue weighted by Crippen LogP contribution is -2.11. The number of para-hydroxylation sites is 1. The van der Waals surface area contributed by atoms with Gasteiger partial charge in [-0.3, -0.25) is 4.79 Å². The van der Waals surface area contributed by atoms with Crippen molar-refractivity contribution in [1.29, 1.82) is 0 Å². The van der Waals surface area contributed by atoms with E-state index in [1.54, 1.807) is 18.2 Å². The predicted octanol–water partition coefficient (Wildman–Crippen LogP) is 3.90. The van der Waals surface area contributed by atoms with Gasteiger partial charge in [0.05, 0.1) is 6.61 Å². The Bertz CT molecular complexity index is 1010. The quantitative estimate of drug-likeness (QED) is 0.460. The highest BCUT2D eigenvalue weighted by Gasteiger charge is 2.08.